The molecule has 2 rings (SSSR count). The van der Waals surface area contributed by atoms with E-state index in [1.165, 1.54) is 32.1 Å². The third kappa shape index (κ3) is 3.70. The van der Waals surface area contributed by atoms with Crippen LogP contribution in [0.15, 0.2) is 0 Å². The van der Waals surface area contributed by atoms with Gasteiger partial charge < -0.3 is 10.2 Å². The van der Waals surface area contributed by atoms with Crippen molar-refractivity contribution < 1.29 is 4.79 Å². The fourth-order valence-corrected chi connectivity index (χ4v) is 3.02. The quantitative estimate of drug-likeness (QED) is 0.768. The Morgan fingerprint density at radius 2 is 2.06 bits per heavy atom. The van der Waals surface area contributed by atoms with E-state index in [1.807, 2.05) is 4.90 Å². The average Bonchev–Trinajstić information content (AvgIpc) is 3.04. The van der Waals surface area contributed by atoms with E-state index in [-0.39, 0.29) is 0 Å². The van der Waals surface area contributed by atoms with Crippen molar-refractivity contribution in [1.82, 2.24) is 10.2 Å². The van der Waals surface area contributed by atoms with Crippen molar-refractivity contribution in [2.75, 3.05) is 19.6 Å². The summed E-state index contributed by atoms with van der Waals surface area (Å²) < 4.78 is 0. The molecular weight excluding hydrogens is 212 g/mol. The second-order valence-electron chi connectivity index (χ2n) is 5.83. The van der Waals surface area contributed by atoms with Gasteiger partial charge in [-0.3, -0.25) is 4.79 Å². The summed E-state index contributed by atoms with van der Waals surface area (Å²) in [5, 5.41) is 3.35. The Morgan fingerprint density at radius 1 is 1.29 bits per heavy atom. The van der Waals surface area contributed by atoms with E-state index in [1.54, 1.807) is 0 Å². The maximum atomic E-state index is 12.0. The molecule has 2 aliphatic carbocycles. The summed E-state index contributed by atoms with van der Waals surface area (Å²) in [5.74, 6) is 1.98. The highest BCUT2D eigenvalue weighted by Crippen LogP contribution is 2.29. The van der Waals surface area contributed by atoms with Crippen LogP contribution in [0.2, 0.25) is 0 Å². The summed E-state index contributed by atoms with van der Waals surface area (Å²) in [6, 6.07) is 0.556. The SMILES string of the molecule is CCN(C(=O)CNCC1CCC(C)C1)C1CC1. The number of likely N-dealkylation sites (N-methyl/N-ethyl adjacent to an activating group) is 1. The van der Waals surface area contributed by atoms with Crippen LogP contribution in [0, 0.1) is 11.8 Å². The van der Waals surface area contributed by atoms with Crippen LogP contribution in [-0.4, -0.2) is 36.5 Å². The first kappa shape index (κ1) is 12.9. The predicted octanol–water partition coefficient (Wildman–Crippen LogP) is 2.02. The molecule has 0 bridgehead atoms. The van der Waals surface area contributed by atoms with Gasteiger partial charge in [0.25, 0.3) is 0 Å². The molecule has 2 aliphatic rings. The van der Waals surface area contributed by atoms with Crippen molar-refractivity contribution in [3.63, 3.8) is 0 Å². The molecule has 2 saturated carbocycles. The van der Waals surface area contributed by atoms with Crippen molar-refractivity contribution >= 4 is 5.91 Å². The number of hydrogen-bond acceptors (Lipinski definition) is 2. The number of rotatable bonds is 6. The van der Waals surface area contributed by atoms with Gasteiger partial charge in [0, 0.05) is 12.6 Å². The highest BCUT2D eigenvalue weighted by atomic mass is 16.2. The van der Waals surface area contributed by atoms with Gasteiger partial charge in [-0.1, -0.05) is 13.3 Å². The van der Waals surface area contributed by atoms with Crippen LogP contribution in [0.4, 0.5) is 0 Å². The van der Waals surface area contributed by atoms with Crippen molar-refractivity contribution in [2.45, 2.75) is 52.0 Å². The Bertz CT molecular complexity index is 263. The molecule has 0 aliphatic heterocycles. The Kier molecular flexibility index (Phi) is 4.43. The third-order valence-corrected chi connectivity index (χ3v) is 4.16. The van der Waals surface area contributed by atoms with Gasteiger partial charge >= 0.3 is 0 Å². The largest absolute Gasteiger partial charge is 0.339 e. The minimum Gasteiger partial charge on any atom is -0.339 e. The van der Waals surface area contributed by atoms with E-state index in [9.17, 15) is 4.79 Å². The highest BCUT2D eigenvalue weighted by molar-refractivity contribution is 5.78. The van der Waals surface area contributed by atoms with Gasteiger partial charge in [0.2, 0.25) is 5.91 Å². The summed E-state index contributed by atoms with van der Waals surface area (Å²) in [6.07, 6.45) is 6.45. The number of carbonyl (C=O) groups is 1. The molecule has 3 nitrogen and oxygen atoms in total. The zero-order chi connectivity index (χ0) is 12.3. The van der Waals surface area contributed by atoms with Crippen molar-refractivity contribution in [3.8, 4) is 0 Å². The molecule has 0 spiro atoms. The maximum absolute atomic E-state index is 12.0. The molecule has 98 valence electrons. The van der Waals surface area contributed by atoms with Gasteiger partial charge in [-0.2, -0.15) is 0 Å². The normalized spacial score (nSPS) is 28.4. The molecule has 0 heterocycles. The van der Waals surface area contributed by atoms with E-state index in [4.69, 9.17) is 0 Å². The lowest BCUT2D eigenvalue weighted by atomic mass is 10.1. The highest BCUT2D eigenvalue weighted by Gasteiger charge is 2.31. The standard InChI is InChI=1S/C14H26N2O/c1-3-16(13-6-7-13)14(17)10-15-9-12-5-4-11(2)8-12/h11-13,15H,3-10H2,1-2H3. The number of nitrogens with zero attached hydrogens (tertiary/aromatic N) is 1. The van der Waals surface area contributed by atoms with Crippen LogP contribution in [0.1, 0.15) is 46.0 Å². The number of amides is 1. The van der Waals surface area contributed by atoms with Crippen LogP contribution >= 0.6 is 0 Å². The van der Waals surface area contributed by atoms with Gasteiger partial charge in [-0.15, -0.1) is 0 Å². The molecule has 0 aromatic carbocycles. The summed E-state index contributed by atoms with van der Waals surface area (Å²) in [4.78, 5) is 14.0. The van der Waals surface area contributed by atoms with Crippen molar-refractivity contribution in [2.24, 2.45) is 11.8 Å². The lowest BCUT2D eigenvalue weighted by Gasteiger charge is -2.21. The maximum Gasteiger partial charge on any atom is 0.236 e. The van der Waals surface area contributed by atoms with Crippen LogP contribution in [0.5, 0.6) is 0 Å². The first-order valence-electron chi connectivity index (χ1n) is 7.21. The molecule has 2 atom stereocenters. The zero-order valence-corrected chi connectivity index (χ0v) is 11.2. The summed E-state index contributed by atoms with van der Waals surface area (Å²) in [5.41, 5.74) is 0. The Hall–Kier alpha value is -0.570. The Labute approximate surface area is 105 Å². The fourth-order valence-electron chi connectivity index (χ4n) is 3.02. The summed E-state index contributed by atoms with van der Waals surface area (Å²) >= 11 is 0. The van der Waals surface area contributed by atoms with Crippen molar-refractivity contribution in [1.29, 1.82) is 0 Å². The average molecular weight is 238 g/mol. The van der Waals surface area contributed by atoms with Gasteiger partial charge in [0.05, 0.1) is 6.54 Å². The smallest absolute Gasteiger partial charge is 0.236 e. The molecule has 1 amide bonds. The monoisotopic (exact) mass is 238 g/mol. The number of hydrogen-bond donors (Lipinski definition) is 1. The van der Waals surface area contributed by atoms with E-state index in [0.717, 1.165) is 24.9 Å². The van der Waals surface area contributed by atoms with Gasteiger partial charge in [0.15, 0.2) is 0 Å². The Morgan fingerprint density at radius 3 is 2.59 bits per heavy atom. The minimum absolute atomic E-state index is 0.293. The molecule has 2 unspecified atom stereocenters. The molecule has 1 N–H and O–H groups in total. The van der Waals surface area contributed by atoms with Gasteiger partial charge in [-0.25, -0.2) is 0 Å². The molecule has 2 fully saturated rings. The molecule has 3 heteroatoms. The van der Waals surface area contributed by atoms with Crippen molar-refractivity contribution in [3.05, 3.63) is 0 Å². The van der Waals surface area contributed by atoms with Crippen LogP contribution < -0.4 is 5.32 Å². The minimum atomic E-state index is 0.293. The lowest BCUT2D eigenvalue weighted by molar-refractivity contribution is -0.130. The van der Waals surface area contributed by atoms with Gasteiger partial charge in [0.1, 0.15) is 0 Å². The van der Waals surface area contributed by atoms with E-state index >= 15 is 0 Å². The number of carbonyl (C=O) groups excluding carboxylic acids is 1. The van der Waals surface area contributed by atoms with Crippen LogP contribution in [0.3, 0.4) is 0 Å². The van der Waals surface area contributed by atoms with Gasteiger partial charge in [-0.05, 0) is 51.0 Å². The topological polar surface area (TPSA) is 32.3 Å². The molecule has 0 radical (unpaired) electrons. The zero-order valence-electron chi connectivity index (χ0n) is 11.2. The molecule has 0 saturated heterocycles. The fraction of sp³-hybridized carbons (Fsp3) is 0.929. The first-order valence-corrected chi connectivity index (χ1v) is 7.21. The Balaban J connectivity index is 1.62. The molecule has 17 heavy (non-hydrogen) atoms. The number of nitrogens with one attached hydrogen (secondary N) is 1. The molecule has 0 aromatic rings. The second-order valence-corrected chi connectivity index (χ2v) is 5.83. The second kappa shape index (κ2) is 5.85. The van der Waals surface area contributed by atoms with E-state index in [2.05, 4.69) is 19.2 Å². The summed E-state index contributed by atoms with van der Waals surface area (Å²) in [7, 11) is 0. The molecular formula is C14H26N2O. The van der Waals surface area contributed by atoms with Crippen LogP contribution in [-0.2, 0) is 4.79 Å². The molecule has 0 aromatic heterocycles. The van der Waals surface area contributed by atoms with Crippen LogP contribution in [0.25, 0.3) is 0 Å². The first-order chi connectivity index (χ1) is 8.20. The van der Waals surface area contributed by atoms with E-state index < -0.39 is 0 Å². The van der Waals surface area contributed by atoms with E-state index in [0.29, 0.717) is 18.5 Å². The lowest BCUT2D eigenvalue weighted by Crippen LogP contribution is -2.40. The predicted molar refractivity (Wildman–Crippen MR) is 69.8 cm³/mol. The summed E-state index contributed by atoms with van der Waals surface area (Å²) in [6.45, 7) is 6.84. The third-order valence-electron chi connectivity index (χ3n) is 4.16.